The minimum Gasteiger partial charge on any atom is -0.381 e. The molecule has 1 atom stereocenters. The first-order valence-corrected chi connectivity index (χ1v) is 13.9. The van der Waals surface area contributed by atoms with Gasteiger partial charge in [0.1, 0.15) is 10.8 Å². The van der Waals surface area contributed by atoms with Crippen molar-refractivity contribution in [3.63, 3.8) is 0 Å². The Morgan fingerprint density at radius 1 is 1.18 bits per heavy atom. The molecule has 3 aromatic rings. The molecule has 7 nitrogen and oxygen atoms in total. The van der Waals surface area contributed by atoms with E-state index < -0.39 is 9.73 Å². The molecule has 0 saturated carbocycles. The standard InChI is InChI=1S/C23H25ClN6OS2/c1-33(26,31)18-6-2-5-17(20(18)24)32-22-21(25)29-19(14-28-22)30-10-7-23(8-11-30)12-15-4-3-9-27-16(15)13-23/h2-6,9,14,26H,7-8,10-13H2,1H3,(H2,25,29). The third-order valence-electron chi connectivity index (χ3n) is 6.55. The van der Waals surface area contributed by atoms with Gasteiger partial charge >= 0.3 is 0 Å². The smallest absolute Gasteiger partial charge is 0.158 e. The molecular weight excluding hydrogens is 476 g/mol. The van der Waals surface area contributed by atoms with E-state index in [0.717, 1.165) is 44.6 Å². The van der Waals surface area contributed by atoms with Crippen molar-refractivity contribution in [1.82, 2.24) is 15.0 Å². The van der Waals surface area contributed by atoms with E-state index >= 15 is 0 Å². The molecule has 10 heteroatoms. The first-order chi connectivity index (χ1) is 15.7. The van der Waals surface area contributed by atoms with Gasteiger partial charge in [0.25, 0.3) is 0 Å². The summed E-state index contributed by atoms with van der Waals surface area (Å²) < 4.78 is 20.0. The van der Waals surface area contributed by atoms with Crippen molar-refractivity contribution in [2.45, 2.75) is 40.5 Å². The number of nitrogens with one attached hydrogen (secondary N) is 1. The van der Waals surface area contributed by atoms with Crippen LogP contribution in [0.4, 0.5) is 11.6 Å². The van der Waals surface area contributed by atoms with Gasteiger partial charge in [-0.05, 0) is 54.9 Å². The van der Waals surface area contributed by atoms with Crippen LogP contribution in [0.5, 0.6) is 0 Å². The first kappa shape index (κ1) is 22.4. The molecule has 2 aromatic heterocycles. The van der Waals surface area contributed by atoms with Gasteiger partial charge in [-0.15, -0.1) is 0 Å². The van der Waals surface area contributed by atoms with E-state index in [-0.39, 0.29) is 0 Å². The fourth-order valence-corrected chi connectivity index (χ4v) is 7.11. The van der Waals surface area contributed by atoms with E-state index in [2.05, 4.69) is 25.9 Å². The molecule has 3 heterocycles. The quantitative estimate of drug-likeness (QED) is 0.535. The van der Waals surface area contributed by atoms with Crippen molar-refractivity contribution in [2.75, 3.05) is 30.0 Å². The highest BCUT2D eigenvalue weighted by molar-refractivity contribution is 7.99. The van der Waals surface area contributed by atoms with E-state index in [4.69, 9.17) is 22.1 Å². The second-order valence-corrected chi connectivity index (χ2v) is 12.4. The lowest BCUT2D eigenvalue weighted by Gasteiger charge is -2.39. The molecule has 5 rings (SSSR count). The van der Waals surface area contributed by atoms with Crippen LogP contribution in [0.15, 0.2) is 57.5 Å². The summed E-state index contributed by atoms with van der Waals surface area (Å²) >= 11 is 7.69. The minimum atomic E-state index is -2.93. The lowest BCUT2D eigenvalue weighted by molar-refractivity contribution is 0.231. The summed E-state index contributed by atoms with van der Waals surface area (Å²) in [5.74, 6) is 1.11. The van der Waals surface area contributed by atoms with Crippen LogP contribution in [0, 0.1) is 10.2 Å². The molecule has 1 aromatic carbocycles. The Morgan fingerprint density at radius 3 is 2.67 bits per heavy atom. The lowest BCUT2D eigenvalue weighted by Crippen LogP contribution is -2.41. The molecule has 33 heavy (non-hydrogen) atoms. The normalized spacial score (nSPS) is 18.8. The molecule has 0 amide bonds. The van der Waals surface area contributed by atoms with Crippen LogP contribution in [0.25, 0.3) is 0 Å². The topological polar surface area (TPSA) is 109 Å². The minimum absolute atomic E-state index is 0.295. The van der Waals surface area contributed by atoms with Crippen molar-refractivity contribution in [3.8, 4) is 0 Å². The van der Waals surface area contributed by atoms with Gasteiger partial charge in [0.05, 0.1) is 25.8 Å². The molecular formula is C23H25ClN6OS2. The predicted octanol–water partition coefficient (Wildman–Crippen LogP) is 4.68. The SMILES string of the molecule is CS(=N)(=O)c1cccc(Sc2ncc(N3CCC4(CC3)Cc3cccnc3C4)nc2N)c1Cl. The zero-order valence-corrected chi connectivity index (χ0v) is 20.6. The van der Waals surface area contributed by atoms with Crippen LogP contribution >= 0.6 is 23.4 Å². The van der Waals surface area contributed by atoms with Crippen molar-refractivity contribution < 1.29 is 4.21 Å². The van der Waals surface area contributed by atoms with E-state index in [9.17, 15) is 4.21 Å². The summed E-state index contributed by atoms with van der Waals surface area (Å²) in [7, 11) is -2.93. The van der Waals surface area contributed by atoms with Gasteiger partial charge in [-0.25, -0.2) is 19.0 Å². The lowest BCUT2D eigenvalue weighted by atomic mass is 9.76. The molecule has 1 spiro atoms. The monoisotopic (exact) mass is 500 g/mol. The van der Waals surface area contributed by atoms with Crippen LogP contribution in [-0.2, 0) is 22.6 Å². The van der Waals surface area contributed by atoms with Gasteiger partial charge in [0.2, 0.25) is 0 Å². The van der Waals surface area contributed by atoms with Gasteiger partial charge in [-0.1, -0.05) is 35.5 Å². The average Bonchev–Trinajstić information content (AvgIpc) is 3.13. The second kappa shape index (κ2) is 8.45. The number of aromatic nitrogens is 3. The Labute approximate surface area is 203 Å². The van der Waals surface area contributed by atoms with Crippen LogP contribution in [-0.4, -0.2) is 38.5 Å². The number of piperidine rings is 1. The molecule has 3 N–H and O–H groups in total. The molecule has 1 aliphatic heterocycles. The van der Waals surface area contributed by atoms with Crippen LogP contribution < -0.4 is 10.6 Å². The van der Waals surface area contributed by atoms with Crippen molar-refractivity contribution in [2.24, 2.45) is 5.41 Å². The fraction of sp³-hybridized carbons (Fsp3) is 0.348. The predicted molar refractivity (Wildman–Crippen MR) is 133 cm³/mol. The number of pyridine rings is 1. The number of halogens is 1. The largest absolute Gasteiger partial charge is 0.381 e. The average molecular weight is 501 g/mol. The highest BCUT2D eigenvalue weighted by atomic mass is 35.5. The molecule has 2 aliphatic rings. The Morgan fingerprint density at radius 2 is 1.97 bits per heavy atom. The molecule has 1 unspecified atom stereocenters. The van der Waals surface area contributed by atoms with Crippen molar-refractivity contribution in [1.29, 1.82) is 4.78 Å². The summed E-state index contributed by atoms with van der Waals surface area (Å²) in [6.45, 7) is 1.83. The Hall–Kier alpha value is -2.36. The van der Waals surface area contributed by atoms with Gasteiger partial charge < -0.3 is 10.6 Å². The maximum absolute atomic E-state index is 12.2. The summed E-state index contributed by atoms with van der Waals surface area (Å²) in [4.78, 5) is 17.0. The van der Waals surface area contributed by atoms with Gasteiger partial charge in [-0.3, -0.25) is 4.98 Å². The van der Waals surface area contributed by atoms with Crippen LogP contribution in [0.1, 0.15) is 24.1 Å². The number of rotatable bonds is 4. The molecule has 0 radical (unpaired) electrons. The van der Waals surface area contributed by atoms with Crippen LogP contribution in [0.2, 0.25) is 5.02 Å². The molecule has 1 aliphatic carbocycles. The van der Waals surface area contributed by atoms with Crippen LogP contribution in [0.3, 0.4) is 0 Å². The van der Waals surface area contributed by atoms with E-state index in [1.165, 1.54) is 29.3 Å². The summed E-state index contributed by atoms with van der Waals surface area (Å²) in [5.41, 5.74) is 9.21. The number of hydrogen-bond acceptors (Lipinski definition) is 8. The zero-order chi connectivity index (χ0) is 23.2. The number of hydrogen-bond donors (Lipinski definition) is 2. The number of nitrogens with zero attached hydrogens (tertiary/aromatic N) is 4. The van der Waals surface area contributed by atoms with Crippen molar-refractivity contribution in [3.05, 3.63) is 59.0 Å². The third kappa shape index (κ3) is 4.41. The number of fused-ring (bicyclic) bond motifs is 1. The Kier molecular flexibility index (Phi) is 5.74. The number of benzene rings is 1. The summed E-state index contributed by atoms with van der Waals surface area (Å²) in [5, 5.41) is 0.833. The molecule has 0 bridgehead atoms. The van der Waals surface area contributed by atoms with Gasteiger partial charge in [0.15, 0.2) is 5.82 Å². The maximum Gasteiger partial charge on any atom is 0.158 e. The zero-order valence-electron chi connectivity index (χ0n) is 18.3. The number of anilines is 2. The molecule has 172 valence electrons. The Balaban J connectivity index is 1.29. The van der Waals surface area contributed by atoms with E-state index in [1.807, 2.05) is 12.3 Å². The molecule has 1 saturated heterocycles. The summed E-state index contributed by atoms with van der Waals surface area (Å²) in [6.07, 6.45) is 9.35. The van der Waals surface area contributed by atoms with E-state index in [0.29, 0.717) is 31.1 Å². The van der Waals surface area contributed by atoms with Crippen molar-refractivity contribution >= 4 is 44.7 Å². The first-order valence-electron chi connectivity index (χ1n) is 10.7. The second-order valence-electron chi connectivity index (χ2n) is 8.88. The third-order valence-corrected chi connectivity index (χ3v) is 9.42. The number of nitrogen functional groups attached to an aromatic ring is 1. The number of nitrogens with two attached hydrogens (primary N) is 1. The fourth-order valence-electron chi connectivity index (χ4n) is 4.76. The molecule has 1 fully saturated rings. The van der Waals surface area contributed by atoms with Gasteiger partial charge in [0, 0.05) is 36.1 Å². The summed E-state index contributed by atoms with van der Waals surface area (Å²) in [6, 6.07) is 9.38. The maximum atomic E-state index is 12.2. The van der Waals surface area contributed by atoms with E-state index in [1.54, 1.807) is 24.4 Å². The highest BCUT2D eigenvalue weighted by Gasteiger charge is 2.40. The highest BCUT2D eigenvalue weighted by Crippen LogP contribution is 2.44. The van der Waals surface area contributed by atoms with Gasteiger partial charge in [-0.2, -0.15) is 0 Å². The Bertz CT molecular complexity index is 1300.